The number of hydrogen-bond donors (Lipinski definition) is 5. The number of H-pyrrole nitrogens is 1. The van der Waals surface area contributed by atoms with Crippen LogP contribution in [0, 0.1) is 0 Å². The summed E-state index contributed by atoms with van der Waals surface area (Å²) in [6, 6.07) is 18.5. The van der Waals surface area contributed by atoms with Crippen LogP contribution in [-0.2, 0) is 32.7 Å². The average molecular weight is 569 g/mol. The zero-order valence-corrected chi connectivity index (χ0v) is 23.3. The lowest BCUT2D eigenvalue weighted by Gasteiger charge is -2.33. The second-order valence-corrected chi connectivity index (χ2v) is 10.6. The highest BCUT2D eigenvalue weighted by atomic mass is 16.5. The minimum absolute atomic E-state index is 0.155. The third kappa shape index (κ3) is 6.12. The van der Waals surface area contributed by atoms with E-state index in [4.69, 9.17) is 4.74 Å². The molecule has 4 bridgehead atoms. The number of pyridine rings is 1. The third-order valence-electron chi connectivity index (χ3n) is 7.55. The summed E-state index contributed by atoms with van der Waals surface area (Å²) >= 11 is 0. The Morgan fingerprint density at radius 3 is 2.69 bits per heavy atom. The van der Waals surface area contributed by atoms with Gasteiger partial charge in [0, 0.05) is 29.4 Å². The second-order valence-electron chi connectivity index (χ2n) is 10.6. The van der Waals surface area contributed by atoms with Crippen molar-refractivity contribution in [1.29, 1.82) is 0 Å². The molecule has 2 atom stereocenters. The molecule has 2 aliphatic rings. The second kappa shape index (κ2) is 11.8. The summed E-state index contributed by atoms with van der Waals surface area (Å²) in [7, 11) is 0. The Hall–Kier alpha value is -5.12. The fourth-order valence-electron chi connectivity index (χ4n) is 5.35. The number of carboxylic acids is 1. The van der Waals surface area contributed by atoms with Crippen LogP contribution in [-0.4, -0.2) is 34.7 Å². The molecule has 0 saturated heterocycles. The number of aliphatic carboxylic acids is 1. The van der Waals surface area contributed by atoms with Crippen molar-refractivity contribution in [2.75, 3.05) is 17.2 Å². The maximum absolute atomic E-state index is 14.2. The molecule has 6 rings (SSSR count). The van der Waals surface area contributed by atoms with E-state index < -0.39 is 36.0 Å². The van der Waals surface area contributed by atoms with E-state index in [0.717, 1.165) is 16.5 Å². The molecule has 0 spiro atoms. The van der Waals surface area contributed by atoms with E-state index in [9.17, 15) is 24.3 Å². The summed E-state index contributed by atoms with van der Waals surface area (Å²) in [5.74, 6) is -1.57. The molecule has 2 amide bonds. The molecular weight excluding hydrogens is 536 g/mol. The maximum Gasteiger partial charge on any atom is 0.411 e. The topological polar surface area (TPSA) is 150 Å². The fourth-order valence-corrected chi connectivity index (χ4v) is 5.35. The molecule has 0 saturated carbocycles. The normalized spacial score (nSPS) is 19.0. The first-order valence-electron chi connectivity index (χ1n) is 13.7. The Bertz CT molecular complexity index is 1730. The lowest BCUT2D eigenvalue weighted by atomic mass is 9.87. The van der Waals surface area contributed by atoms with Crippen molar-refractivity contribution in [1.82, 2.24) is 10.3 Å². The molecule has 42 heavy (non-hydrogen) atoms. The van der Waals surface area contributed by atoms with Gasteiger partial charge in [-0.15, -0.1) is 0 Å². The minimum atomic E-state index is -1.34. The van der Waals surface area contributed by atoms with Gasteiger partial charge in [-0.05, 0) is 71.3 Å². The van der Waals surface area contributed by atoms with Gasteiger partial charge in [-0.2, -0.15) is 0 Å². The minimum Gasteiger partial charge on any atom is -0.481 e. The monoisotopic (exact) mass is 568 g/mol. The summed E-state index contributed by atoms with van der Waals surface area (Å²) < 4.78 is 5.42. The number of anilines is 2. The van der Waals surface area contributed by atoms with E-state index in [-0.39, 0.29) is 12.2 Å². The van der Waals surface area contributed by atoms with Crippen LogP contribution in [0.25, 0.3) is 10.8 Å². The van der Waals surface area contributed by atoms with Crippen LogP contribution < -0.4 is 21.5 Å². The number of aromatic amines is 1. The predicted molar refractivity (Wildman–Crippen MR) is 160 cm³/mol. The number of amides is 2. The number of ether oxygens (including phenoxy) is 1. The number of carbonyl (C=O) groups is 3. The predicted octanol–water partition coefficient (Wildman–Crippen LogP) is 4.85. The number of carbonyl (C=O) groups excluding carboxylic acids is 2. The quantitative estimate of drug-likeness (QED) is 0.231. The first-order chi connectivity index (χ1) is 20.1. The van der Waals surface area contributed by atoms with Crippen molar-refractivity contribution in [2.24, 2.45) is 0 Å². The number of nitrogens with one attached hydrogen (secondary N) is 4. The highest BCUT2D eigenvalue weighted by molar-refractivity contribution is 5.90. The molecule has 10 heteroatoms. The molecule has 5 N–H and O–H groups in total. The zero-order valence-electron chi connectivity index (χ0n) is 23.3. The van der Waals surface area contributed by atoms with E-state index >= 15 is 0 Å². The van der Waals surface area contributed by atoms with Crippen molar-refractivity contribution in [3.63, 3.8) is 0 Å². The maximum atomic E-state index is 14.2. The highest BCUT2D eigenvalue weighted by Gasteiger charge is 2.35. The standard InChI is InChI=1S/C32H32N4O6/c1-3-19-15-22-8-7-20(19)12-14-42-31(41)35-24-6-4-5-23(16-24)32(2,18-27(37)38)36-30(40)28(22)34-25-10-9-21-11-13-33-29(39)26(21)17-25/h4-11,13,15-17,28,34H,3,12,14,18H2,1-2H3,(H,33,39)(H,35,41)(H,36,40)(H,37,38)/t28-,32-/m1/s1. The van der Waals surface area contributed by atoms with Crippen LogP contribution in [0.3, 0.4) is 0 Å². The number of aromatic nitrogens is 1. The van der Waals surface area contributed by atoms with Crippen LogP contribution in [0.2, 0.25) is 0 Å². The van der Waals surface area contributed by atoms with Gasteiger partial charge in [-0.3, -0.25) is 19.7 Å². The van der Waals surface area contributed by atoms with Crippen molar-refractivity contribution in [3.8, 4) is 0 Å². The van der Waals surface area contributed by atoms with Crippen molar-refractivity contribution in [2.45, 2.75) is 44.7 Å². The SMILES string of the molecule is CCc1cc2ccc1CCOC(=O)Nc1cccc(c1)[C@@](C)(CC(=O)O)NC(=O)[C@@H]2Nc1ccc2cc[nH]c(=O)c2c1. The van der Waals surface area contributed by atoms with Crippen LogP contribution in [0.1, 0.15) is 48.6 Å². The number of fused-ring (bicyclic) bond motifs is 10. The molecule has 3 aromatic carbocycles. The number of rotatable bonds is 5. The zero-order chi connectivity index (χ0) is 29.9. The van der Waals surface area contributed by atoms with E-state index in [1.807, 2.05) is 25.1 Å². The Labute approximate surface area is 242 Å². The molecule has 1 aromatic heterocycles. The highest BCUT2D eigenvalue weighted by Crippen LogP contribution is 2.31. The van der Waals surface area contributed by atoms with Gasteiger partial charge >= 0.3 is 12.1 Å². The molecule has 2 aliphatic heterocycles. The molecule has 10 nitrogen and oxygen atoms in total. The summed E-state index contributed by atoms with van der Waals surface area (Å²) in [6.07, 6.45) is 1.71. The van der Waals surface area contributed by atoms with Crippen molar-refractivity contribution < 1.29 is 24.2 Å². The molecule has 0 fully saturated rings. The lowest BCUT2D eigenvalue weighted by Crippen LogP contribution is -2.48. The molecule has 4 aromatic rings. The van der Waals surface area contributed by atoms with Gasteiger partial charge < -0.3 is 25.5 Å². The van der Waals surface area contributed by atoms with Crippen LogP contribution in [0.15, 0.2) is 77.7 Å². The summed E-state index contributed by atoms with van der Waals surface area (Å²) in [5, 5.41) is 20.0. The first kappa shape index (κ1) is 28.4. The van der Waals surface area contributed by atoms with Gasteiger partial charge in [0.1, 0.15) is 6.04 Å². The van der Waals surface area contributed by atoms with E-state index in [1.165, 1.54) is 0 Å². The first-order valence-corrected chi connectivity index (χ1v) is 13.7. The van der Waals surface area contributed by atoms with Crippen LogP contribution in [0.5, 0.6) is 0 Å². The molecule has 0 aliphatic carbocycles. The molecular formula is C32H32N4O6. The lowest BCUT2D eigenvalue weighted by molar-refractivity contribution is -0.139. The third-order valence-corrected chi connectivity index (χ3v) is 7.55. The number of aryl methyl sites for hydroxylation is 1. The summed E-state index contributed by atoms with van der Waals surface area (Å²) in [5.41, 5.74) is 2.48. The Kier molecular flexibility index (Phi) is 7.97. The smallest absolute Gasteiger partial charge is 0.411 e. The summed E-state index contributed by atoms with van der Waals surface area (Å²) in [6.45, 7) is 3.79. The van der Waals surface area contributed by atoms with Gasteiger partial charge in [0.05, 0.1) is 18.6 Å². The van der Waals surface area contributed by atoms with Crippen molar-refractivity contribution >= 4 is 40.1 Å². The van der Waals surface area contributed by atoms with Crippen LogP contribution in [0.4, 0.5) is 16.2 Å². The Balaban J connectivity index is 1.62. The van der Waals surface area contributed by atoms with Gasteiger partial charge in [0.25, 0.3) is 5.56 Å². The largest absolute Gasteiger partial charge is 0.481 e. The molecule has 0 radical (unpaired) electrons. The molecule has 216 valence electrons. The van der Waals surface area contributed by atoms with Gasteiger partial charge in [-0.25, -0.2) is 4.79 Å². The Morgan fingerprint density at radius 1 is 1.07 bits per heavy atom. The van der Waals surface area contributed by atoms with Gasteiger partial charge in [-0.1, -0.05) is 43.3 Å². The van der Waals surface area contributed by atoms with E-state index in [1.54, 1.807) is 61.7 Å². The average Bonchev–Trinajstić information content (AvgIpc) is 2.95. The van der Waals surface area contributed by atoms with Crippen LogP contribution >= 0.6 is 0 Å². The Morgan fingerprint density at radius 2 is 1.90 bits per heavy atom. The van der Waals surface area contributed by atoms with E-state index in [0.29, 0.717) is 40.7 Å². The number of carboxylic acid groups (broad SMARTS) is 1. The van der Waals surface area contributed by atoms with Gasteiger partial charge in [0.2, 0.25) is 5.91 Å². The number of benzene rings is 3. The molecule has 3 heterocycles. The van der Waals surface area contributed by atoms with Gasteiger partial charge in [0.15, 0.2) is 0 Å². The molecule has 0 unspecified atom stereocenters. The van der Waals surface area contributed by atoms with Crippen molar-refractivity contribution in [3.05, 3.63) is 106 Å². The summed E-state index contributed by atoms with van der Waals surface area (Å²) in [4.78, 5) is 53.8. The van der Waals surface area contributed by atoms with E-state index in [2.05, 4.69) is 20.9 Å². The fraction of sp³-hybridized carbons (Fsp3) is 0.250. The number of hydrogen-bond acceptors (Lipinski definition) is 6.